The van der Waals surface area contributed by atoms with Gasteiger partial charge >= 0.3 is 0 Å². The van der Waals surface area contributed by atoms with E-state index in [9.17, 15) is 0 Å². The number of hydrogen-bond acceptors (Lipinski definition) is 1. The van der Waals surface area contributed by atoms with E-state index in [-0.39, 0.29) is 0 Å². The Kier molecular flexibility index (Phi) is 4.38. The third kappa shape index (κ3) is 2.98. The monoisotopic (exact) mass is 376 g/mol. The van der Waals surface area contributed by atoms with Crippen molar-refractivity contribution in [1.29, 1.82) is 0 Å². The van der Waals surface area contributed by atoms with Crippen molar-refractivity contribution >= 4 is 33.3 Å². The fourth-order valence-electron chi connectivity index (χ4n) is 3.83. The van der Waals surface area contributed by atoms with Gasteiger partial charge < -0.3 is 0 Å². The Morgan fingerprint density at radius 2 is 1.04 bits per heavy atom. The van der Waals surface area contributed by atoms with E-state index >= 15 is 0 Å². The van der Waals surface area contributed by atoms with Crippen LogP contribution in [-0.2, 0) is 0 Å². The van der Waals surface area contributed by atoms with Gasteiger partial charge in [0, 0.05) is 15.4 Å². The van der Waals surface area contributed by atoms with Gasteiger partial charge in [-0.25, -0.2) is 0 Å². The van der Waals surface area contributed by atoms with Crippen LogP contribution in [0.2, 0.25) is 0 Å². The van der Waals surface area contributed by atoms with Crippen LogP contribution in [0.4, 0.5) is 0 Å². The first-order valence-corrected chi connectivity index (χ1v) is 10.4. The van der Waals surface area contributed by atoms with Crippen LogP contribution >= 0.6 is 11.8 Å². The van der Waals surface area contributed by atoms with Crippen LogP contribution in [0.1, 0.15) is 5.56 Å². The maximum atomic E-state index is 2.26. The maximum absolute atomic E-state index is 2.26. The molecule has 0 aliphatic heterocycles. The Hall–Kier alpha value is -3.03. The molecule has 0 aromatic heterocycles. The van der Waals surface area contributed by atoms with Gasteiger partial charge in [0.05, 0.1) is 0 Å². The summed E-state index contributed by atoms with van der Waals surface area (Å²) in [5.74, 6) is 0. The van der Waals surface area contributed by atoms with Crippen molar-refractivity contribution in [2.75, 3.05) is 0 Å². The topological polar surface area (TPSA) is 0 Å². The van der Waals surface area contributed by atoms with Gasteiger partial charge in [-0.15, -0.1) is 0 Å². The summed E-state index contributed by atoms with van der Waals surface area (Å²) in [6.45, 7) is 2.14. The molecule has 0 bridgehead atoms. The van der Waals surface area contributed by atoms with Gasteiger partial charge in [-0.05, 0) is 46.2 Å². The van der Waals surface area contributed by atoms with E-state index in [1.807, 2.05) is 11.8 Å². The normalized spacial score (nSPS) is 11.2. The van der Waals surface area contributed by atoms with Crippen LogP contribution in [0, 0.1) is 6.92 Å². The Morgan fingerprint density at radius 3 is 1.71 bits per heavy atom. The molecule has 5 aromatic carbocycles. The van der Waals surface area contributed by atoms with E-state index in [0.717, 1.165) is 0 Å². The minimum Gasteiger partial charge on any atom is -0.0888 e. The largest absolute Gasteiger partial charge is 0.0888 e. The van der Waals surface area contributed by atoms with Crippen molar-refractivity contribution in [3.05, 3.63) is 109 Å². The van der Waals surface area contributed by atoms with Crippen molar-refractivity contribution < 1.29 is 0 Å². The summed E-state index contributed by atoms with van der Waals surface area (Å²) in [6.07, 6.45) is 0. The highest BCUT2D eigenvalue weighted by Crippen LogP contribution is 2.46. The Bertz CT molecular complexity index is 1270. The first-order chi connectivity index (χ1) is 13.8. The first kappa shape index (κ1) is 17.1. The van der Waals surface area contributed by atoms with E-state index in [0.29, 0.717) is 0 Å². The lowest BCUT2D eigenvalue weighted by Crippen LogP contribution is -1.90. The molecule has 0 radical (unpaired) electrons. The third-order valence-corrected chi connectivity index (χ3v) is 6.32. The van der Waals surface area contributed by atoms with Crippen molar-refractivity contribution in [2.45, 2.75) is 16.7 Å². The molecular formula is C27H20S. The number of aryl methyl sites for hydroxylation is 1. The number of fused-ring (bicyclic) bond motifs is 3. The zero-order valence-electron chi connectivity index (χ0n) is 15.7. The van der Waals surface area contributed by atoms with E-state index in [1.165, 1.54) is 48.0 Å². The standard InChI is InChI=1S/C27H20S/c1-19-15-17-20(18-16-19)26-24-13-7-5-11-22(24)23-12-6-8-14-25(23)27(26)28-21-9-3-2-4-10-21/h2-18H,1H3. The van der Waals surface area contributed by atoms with Crippen LogP contribution in [0.3, 0.4) is 0 Å². The molecule has 0 aliphatic carbocycles. The highest BCUT2D eigenvalue weighted by Gasteiger charge is 2.16. The van der Waals surface area contributed by atoms with Gasteiger partial charge in [0.15, 0.2) is 0 Å². The number of rotatable bonds is 3. The average Bonchev–Trinajstić information content (AvgIpc) is 2.76. The predicted molar refractivity (Wildman–Crippen MR) is 122 cm³/mol. The van der Waals surface area contributed by atoms with Gasteiger partial charge in [-0.2, -0.15) is 0 Å². The maximum Gasteiger partial charge on any atom is 0.0285 e. The number of hydrogen-bond donors (Lipinski definition) is 0. The third-order valence-electron chi connectivity index (χ3n) is 5.19. The molecule has 134 valence electrons. The summed E-state index contributed by atoms with van der Waals surface area (Å²) in [7, 11) is 0. The fraction of sp³-hybridized carbons (Fsp3) is 0.0370. The first-order valence-electron chi connectivity index (χ1n) is 9.54. The van der Waals surface area contributed by atoms with E-state index in [2.05, 4.69) is 110 Å². The molecule has 5 aromatic rings. The van der Waals surface area contributed by atoms with Gasteiger partial charge in [0.2, 0.25) is 0 Å². The molecule has 0 saturated heterocycles. The second-order valence-electron chi connectivity index (χ2n) is 7.08. The Morgan fingerprint density at radius 1 is 0.500 bits per heavy atom. The van der Waals surface area contributed by atoms with Crippen molar-refractivity contribution in [2.24, 2.45) is 0 Å². The van der Waals surface area contributed by atoms with E-state index < -0.39 is 0 Å². The Labute approximate surface area is 169 Å². The van der Waals surface area contributed by atoms with E-state index in [1.54, 1.807) is 0 Å². The highest BCUT2D eigenvalue weighted by atomic mass is 32.2. The van der Waals surface area contributed by atoms with E-state index in [4.69, 9.17) is 0 Å². The molecule has 0 fully saturated rings. The smallest absolute Gasteiger partial charge is 0.0285 e. The zero-order valence-corrected chi connectivity index (χ0v) is 16.5. The molecule has 0 N–H and O–H groups in total. The molecule has 0 amide bonds. The van der Waals surface area contributed by atoms with Crippen LogP contribution in [0.25, 0.3) is 32.7 Å². The van der Waals surface area contributed by atoms with Gasteiger partial charge in [0.25, 0.3) is 0 Å². The lowest BCUT2D eigenvalue weighted by molar-refractivity contribution is 1.43. The lowest BCUT2D eigenvalue weighted by Gasteiger charge is -2.18. The minimum atomic E-state index is 1.26. The molecule has 0 atom stereocenters. The summed E-state index contributed by atoms with van der Waals surface area (Å²) >= 11 is 1.86. The molecule has 0 heterocycles. The second-order valence-corrected chi connectivity index (χ2v) is 8.16. The summed E-state index contributed by atoms with van der Waals surface area (Å²) < 4.78 is 0. The SMILES string of the molecule is Cc1ccc(-c2c(Sc3ccccc3)c3ccccc3c3ccccc23)cc1. The number of benzene rings is 5. The molecule has 0 spiro atoms. The predicted octanol–water partition coefficient (Wildman–Crippen LogP) is 8.12. The molecule has 0 unspecified atom stereocenters. The van der Waals surface area contributed by atoms with Gasteiger partial charge in [-0.1, -0.05) is 108 Å². The molecule has 28 heavy (non-hydrogen) atoms. The van der Waals surface area contributed by atoms with Crippen molar-refractivity contribution in [3.8, 4) is 11.1 Å². The van der Waals surface area contributed by atoms with Gasteiger partial charge in [0.1, 0.15) is 0 Å². The second kappa shape index (κ2) is 7.18. The van der Waals surface area contributed by atoms with Crippen molar-refractivity contribution in [3.63, 3.8) is 0 Å². The minimum absolute atomic E-state index is 1.26. The molecule has 5 rings (SSSR count). The molecule has 1 heteroatoms. The molecular weight excluding hydrogens is 356 g/mol. The average molecular weight is 377 g/mol. The van der Waals surface area contributed by atoms with Crippen LogP contribution < -0.4 is 0 Å². The van der Waals surface area contributed by atoms with Crippen LogP contribution in [-0.4, -0.2) is 0 Å². The molecule has 0 nitrogen and oxygen atoms in total. The zero-order chi connectivity index (χ0) is 18.9. The van der Waals surface area contributed by atoms with Crippen LogP contribution in [0.15, 0.2) is 113 Å². The summed E-state index contributed by atoms with van der Waals surface area (Å²) in [6, 6.07) is 37.1. The quantitative estimate of drug-likeness (QED) is 0.286. The van der Waals surface area contributed by atoms with Crippen molar-refractivity contribution in [1.82, 2.24) is 0 Å². The summed E-state index contributed by atoms with van der Waals surface area (Å²) in [5.41, 5.74) is 3.88. The summed E-state index contributed by atoms with van der Waals surface area (Å²) in [4.78, 5) is 2.58. The lowest BCUT2D eigenvalue weighted by atomic mass is 9.93. The Balaban J connectivity index is 1.90. The highest BCUT2D eigenvalue weighted by molar-refractivity contribution is 7.99. The van der Waals surface area contributed by atoms with Gasteiger partial charge in [-0.3, -0.25) is 0 Å². The summed E-state index contributed by atoms with van der Waals surface area (Å²) in [5, 5.41) is 5.24. The molecule has 0 aliphatic rings. The fourth-order valence-corrected chi connectivity index (χ4v) is 4.97. The van der Waals surface area contributed by atoms with Crippen LogP contribution in [0.5, 0.6) is 0 Å². The molecule has 0 saturated carbocycles.